The summed E-state index contributed by atoms with van der Waals surface area (Å²) in [5, 5.41) is 13.2. The molecule has 4 aromatic rings. The summed E-state index contributed by atoms with van der Waals surface area (Å²) >= 11 is 1.38. The zero-order valence-electron chi connectivity index (χ0n) is 16.0. The quantitative estimate of drug-likeness (QED) is 0.397. The number of aromatic amines is 1. The zero-order chi connectivity index (χ0) is 19.7. The van der Waals surface area contributed by atoms with Gasteiger partial charge in [0.1, 0.15) is 5.25 Å². The molecule has 2 aromatic carbocycles. The molecule has 0 aliphatic rings. The largest absolute Gasteiger partial charge is 0.360 e. The number of H-pyrrole nitrogens is 1. The van der Waals surface area contributed by atoms with E-state index in [4.69, 9.17) is 0 Å². The van der Waals surface area contributed by atoms with E-state index in [1.54, 1.807) is 10.9 Å². The summed E-state index contributed by atoms with van der Waals surface area (Å²) in [5.74, 6) is 0.0251. The summed E-state index contributed by atoms with van der Waals surface area (Å²) in [6, 6.07) is 17.6. The molecule has 1 N–H and O–H groups in total. The molecule has 7 heteroatoms. The molecule has 0 aliphatic heterocycles. The molecule has 6 nitrogen and oxygen atoms in total. The molecule has 0 aliphatic carbocycles. The van der Waals surface area contributed by atoms with Gasteiger partial charge in [-0.1, -0.05) is 60.3 Å². The fourth-order valence-corrected chi connectivity index (χ4v) is 4.33. The number of hydrogen-bond donors (Lipinski definition) is 1. The van der Waals surface area contributed by atoms with Crippen LogP contribution in [-0.4, -0.2) is 31.0 Å². The smallest absolute Gasteiger partial charge is 0.210 e. The highest BCUT2D eigenvalue weighted by Crippen LogP contribution is 2.39. The Labute approximate surface area is 167 Å². The second kappa shape index (κ2) is 7.24. The predicted octanol–water partition coefficient (Wildman–Crippen LogP) is 4.63. The molecule has 0 saturated carbocycles. The van der Waals surface area contributed by atoms with Crippen molar-refractivity contribution in [3.05, 3.63) is 71.9 Å². The number of nitrogens with zero attached hydrogens (tertiary/aromatic N) is 4. The number of nitrogens with one attached hydrogen (secondary N) is 1. The Morgan fingerprint density at radius 1 is 1.07 bits per heavy atom. The highest BCUT2D eigenvalue weighted by Gasteiger charge is 2.29. The first-order valence-corrected chi connectivity index (χ1v) is 9.94. The van der Waals surface area contributed by atoms with Crippen molar-refractivity contribution in [2.75, 3.05) is 0 Å². The van der Waals surface area contributed by atoms with Crippen LogP contribution in [0.1, 0.15) is 41.9 Å². The fourth-order valence-electron chi connectivity index (χ4n) is 3.10. The van der Waals surface area contributed by atoms with Crippen LogP contribution in [0.3, 0.4) is 0 Å². The number of ketones is 1. The Balaban J connectivity index is 1.77. The molecule has 2 aromatic heterocycles. The monoisotopic (exact) mass is 391 g/mol. The average molecular weight is 392 g/mol. The van der Waals surface area contributed by atoms with Crippen molar-refractivity contribution < 1.29 is 4.79 Å². The molecular weight excluding hydrogens is 370 g/mol. The van der Waals surface area contributed by atoms with E-state index in [9.17, 15) is 4.79 Å². The van der Waals surface area contributed by atoms with E-state index in [0.717, 1.165) is 16.5 Å². The first-order chi connectivity index (χ1) is 13.4. The SMILES string of the molecule is CC(C)(C)n1nnnc1S[C@H](C(=O)c1c[nH]c2ccccc12)c1ccccc1. The number of aromatic nitrogens is 5. The summed E-state index contributed by atoms with van der Waals surface area (Å²) in [6.07, 6.45) is 1.79. The van der Waals surface area contributed by atoms with E-state index >= 15 is 0 Å². The number of rotatable bonds is 5. The minimum absolute atomic E-state index is 0.0251. The molecule has 0 saturated heterocycles. The lowest BCUT2D eigenvalue weighted by Gasteiger charge is -2.21. The normalized spacial score (nSPS) is 13.0. The van der Waals surface area contributed by atoms with E-state index in [2.05, 4.69) is 20.5 Å². The number of hydrogen-bond acceptors (Lipinski definition) is 5. The van der Waals surface area contributed by atoms with Crippen LogP contribution in [0.2, 0.25) is 0 Å². The topological polar surface area (TPSA) is 76.5 Å². The second-order valence-corrected chi connectivity index (χ2v) is 8.64. The van der Waals surface area contributed by atoms with Gasteiger partial charge in [0.15, 0.2) is 5.78 Å². The van der Waals surface area contributed by atoms with Crippen molar-refractivity contribution in [3.8, 4) is 0 Å². The number of benzene rings is 2. The van der Waals surface area contributed by atoms with Gasteiger partial charge in [-0.15, -0.1) is 5.10 Å². The predicted molar refractivity (Wildman–Crippen MR) is 110 cm³/mol. The van der Waals surface area contributed by atoms with Crippen molar-refractivity contribution in [1.29, 1.82) is 0 Å². The number of fused-ring (bicyclic) bond motifs is 1. The number of carbonyl (C=O) groups excluding carboxylic acids is 1. The van der Waals surface area contributed by atoms with Crippen molar-refractivity contribution >= 4 is 28.4 Å². The molecule has 0 radical (unpaired) electrons. The van der Waals surface area contributed by atoms with Gasteiger partial charge in [-0.05, 0) is 42.8 Å². The molecule has 0 fully saturated rings. The van der Waals surface area contributed by atoms with Crippen molar-refractivity contribution in [1.82, 2.24) is 25.2 Å². The van der Waals surface area contributed by atoms with Crippen LogP contribution in [0.5, 0.6) is 0 Å². The number of thioether (sulfide) groups is 1. The van der Waals surface area contributed by atoms with Crippen LogP contribution in [0.4, 0.5) is 0 Å². The lowest BCUT2D eigenvalue weighted by molar-refractivity contribution is 0.0991. The fraction of sp³-hybridized carbons (Fsp3) is 0.238. The van der Waals surface area contributed by atoms with Crippen LogP contribution in [0, 0.1) is 0 Å². The van der Waals surface area contributed by atoms with E-state index in [1.165, 1.54) is 11.8 Å². The van der Waals surface area contributed by atoms with Gasteiger partial charge in [-0.3, -0.25) is 4.79 Å². The van der Waals surface area contributed by atoms with Gasteiger partial charge in [0.25, 0.3) is 0 Å². The van der Waals surface area contributed by atoms with Gasteiger partial charge in [0.05, 0.1) is 5.54 Å². The van der Waals surface area contributed by atoms with Crippen LogP contribution in [0.25, 0.3) is 10.9 Å². The maximum absolute atomic E-state index is 13.6. The third kappa shape index (κ3) is 3.45. The van der Waals surface area contributed by atoms with E-state index in [1.807, 2.05) is 75.4 Å². The van der Waals surface area contributed by atoms with Gasteiger partial charge >= 0.3 is 0 Å². The molecule has 142 valence electrons. The van der Waals surface area contributed by atoms with Gasteiger partial charge in [0.2, 0.25) is 5.16 Å². The van der Waals surface area contributed by atoms with Gasteiger partial charge in [-0.25, -0.2) is 4.68 Å². The van der Waals surface area contributed by atoms with E-state index < -0.39 is 5.25 Å². The Morgan fingerprint density at radius 3 is 2.54 bits per heavy atom. The molecule has 1 atom stereocenters. The van der Waals surface area contributed by atoms with Gasteiger partial charge in [0, 0.05) is 22.7 Å². The Morgan fingerprint density at radius 2 is 1.79 bits per heavy atom. The molecule has 0 amide bonds. The minimum atomic E-state index is -0.451. The standard InChI is InChI=1S/C21H21N5OS/c1-21(2,3)26-20(23-24-25-26)28-19(14-9-5-4-6-10-14)18(27)16-13-22-17-12-8-7-11-15(16)17/h4-13,19,22H,1-3H3/t19-/m0/s1. The van der Waals surface area contributed by atoms with Crippen LogP contribution < -0.4 is 0 Å². The maximum atomic E-state index is 13.6. The number of Topliss-reactive ketones (excluding diaryl/α,β-unsaturated/α-hetero) is 1. The molecular formula is C21H21N5OS. The van der Waals surface area contributed by atoms with E-state index in [-0.39, 0.29) is 11.3 Å². The molecule has 2 heterocycles. The summed E-state index contributed by atoms with van der Waals surface area (Å²) in [5.41, 5.74) is 2.26. The first-order valence-electron chi connectivity index (χ1n) is 9.06. The highest BCUT2D eigenvalue weighted by molar-refractivity contribution is 8.00. The average Bonchev–Trinajstić information content (AvgIpc) is 3.33. The minimum Gasteiger partial charge on any atom is -0.360 e. The van der Waals surface area contributed by atoms with Gasteiger partial charge < -0.3 is 4.98 Å². The maximum Gasteiger partial charge on any atom is 0.210 e. The van der Waals surface area contributed by atoms with Crippen molar-refractivity contribution in [3.63, 3.8) is 0 Å². The third-order valence-corrected chi connectivity index (χ3v) is 5.68. The van der Waals surface area contributed by atoms with Crippen LogP contribution in [0.15, 0.2) is 66.0 Å². The molecule has 0 spiro atoms. The summed E-state index contributed by atoms with van der Waals surface area (Å²) in [6.45, 7) is 6.10. The molecule has 0 unspecified atom stereocenters. The van der Waals surface area contributed by atoms with Crippen molar-refractivity contribution in [2.24, 2.45) is 0 Å². The summed E-state index contributed by atoms with van der Waals surface area (Å²) in [4.78, 5) is 16.8. The second-order valence-electron chi connectivity index (χ2n) is 7.56. The third-order valence-electron chi connectivity index (χ3n) is 4.49. The van der Waals surface area contributed by atoms with Crippen LogP contribution >= 0.6 is 11.8 Å². The molecule has 4 rings (SSSR count). The summed E-state index contributed by atoms with van der Waals surface area (Å²) in [7, 11) is 0. The number of carbonyl (C=O) groups is 1. The Bertz CT molecular complexity index is 1110. The zero-order valence-corrected chi connectivity index (χ0v) is 16.8. The molecule has 0 bridgehead atoms. The number of tetrazole rings is 1. The number of para-hydroxylation sites is 1. The highest BCUT2D eigenvalue weighted by atomic mass is 32.2. The Kier molecular flexibility index (Phi) is 4.77. The lowest BCUT2D eigenvalue weighted by Crippen LogP contribution is -2.24. The van der Waals surface area contributed by atoms with Crippen molar-refractivity contribution in [2.45, 2.75) is 36.7 Å². The Hall–Kier alpha value is -2.93. The molecule has 28 heavy (non-hydrogen) atoms. The van der Waals surface area contributed by atoms with Crippen LogP contribution in [-0.2, 0) is 5.54 Å². The summed E-state index contributed by atoms with van der Waals surface area (Å²) < 4.78 is 1.76. The first kappa shape index (κ1) is 18.4. The lowest BCUT2D eigenvalue weighted by atomic mass is 10.0. The van der Waals surface area contributed by atoms with E-state index in [0.29, 0.717) is 10.7 Å². The van der Waals surface area contributed by atoms with Gasteiger partial charge in [-0.2, -0.15) is 0 Å².